The number of piperidine rings is 2. The van der Waals surface area contributed by atoms with E-state index in [1.807, 2.05) is 0 Å². The molecular formula is C21H31N3S. The SMILES string of the molecule is Cc1ccc(NC(=S)NC2CC3CCCC(C2)N3C2CCCC2)cc1. The molecule has 4 heteroatoms. The predicted octanol–water partition coefficient (Wildman–Crippen LogP) is 4.61. The molecule has 1 aliphatic carbocycles. The molecule has 1 aromatic rings. The van der Waals surface area contributed by atoms with Crippen molar-refractivity contribution < 1.29 is 0 Å². The molecule has 3 nitrogen and oxygen atoms in total. The molecule has 3 aliphatic rings. The van der Waals surface area contributed by atoms with Crippen LogP contribution in [0, 0.1) is 6.92 Å². The highest BCUT2D eigenvalue weighted by Gasteiger charge is 2.42. The number of hydrogen-bond acceptors (Lipinski definition) is 2. The second kappa shape index (κ2) is 7.63. The average Bonchev–Trinajstić information content (AvgIpc) is 3.10. The number of thiocarbonyl (C=S) groups is 1. The van der Waals surface area contributed by atoms with Gasteiger partial charge in [-0.15, -0.1) is 0 Å². The molecule has 2 bridgehead atoms. The van der Waals surface area contributed by atoms with E-state index in [9.17, 15) is 0 Å². The zero-order chi connectivity index (χ0) is 17.2. The van der Waals surface area contributed by atoms with Crippen LogP contribution >= 0.6 is 12.2 Å². The van der Waals surface area contributed by atoms with Crippen LogP contribution in [0.25, 0.3) is 0 Å². The van der Waals surface area contributed by atoms with E-state index in [4.69, 9.17) is 12.2 Å². The number of fused-ring (bicyclic) bond motifs is 2. The highest BCUT2D eigenvalue weighted by atomic mass is 32.1. The topological polar surface area (TPSA) is 27.3 Å². The van der Waals surface area contributed by atoms with Crippen LogP contribution < -0.4 is 10.6 Å². The first kappa shape index (κ1) is 17.3. The molecule has 2 saturated heterocycles. The summed E-state index contributed by atoms with van der Waals surface area (Å²) in [4.78, 5) is 2.92. The molecular weight excluding hydrogens is 326 g/mol. The molecule has 2 N–H and O–H groups in total. The lowest BCUT2D eigenvalue weighted by Gasteiger charge is -2.52. The lowest BCUT2D eigenvalue weighted by atomic mass is 9.80. The Morgan fingerprint density at radius 1 is 0.920 bits per heavy atom. The van der Waals surface area contributed by atoms with Crippen LogP contribution in [0.2, 0.25) is 0 Å². The van der Waals surface area contributed by atoms with Crippen molar-refractivity contribution in [2.75, 3.05) is 5.32 Å². The first-order valence-electron chi connectivity index (χ1n) is 10.1. The summed E-state index contributed by atoms with van der Waals surface area (Å²) in [5, 5.41) is 7.75. The van der Waals surface area contributed by atoms with Crippen LogP contribution in [-0.2, 0) is 0 Å². The van der Waals surface area contributed by atoms with Gasteiger partial charge in [-0.3, -0.25) is 4.90 Å². The summed E-state index contributed by atoms with van der Waals surface area (Å²) in [5.74, 6) is 0. The standard InChI is InChI=1S/C21H31N3S/c1-15-9-11-16(12-10-15)22-21(25)23-17-13-19-7-4-8-20(14-17)24(19)18-5-2-3-6-18/h9-12,17-20H,2-8,13-14H2,1H3,(H2,22,23,25). The van der Waals surface area contributed by atoms with E-state index in [2.05, 4.69) is 46.7 Å². The fourth-order valence-electron chi connectivity index (χ4n) is 5.32. The zero-order valence-electron chi connectivity index (χ0n) is 15.3. The van der Waals surface area contributed by atoms with E-state index >= 15 is 0 Å². The van der Waals surface area contributed by atoms with Crippen LogP contribution in [0.4, 0.5) is 5.69 Å². The predicted molar refractivity (Wildman–Crippen MR) is 109 cm³/mol. The van der Waals surface area contributed by atoms with Gasteiger partial charge in [0, 0.05) is 29.9 Å². The summed E-state index contributed by atoms with van der Waals surface area (Å²) >= 11 is 5.58. The largest absolute Gasteiger partial charge is 0.360 e. The second-order valence-electron chi connectivity index (χ2n) is 8.26. The third-order valence-electron chi connectivity index (χ3n) is 6.42. The van der Waals surface area contributed by atoms with Crippen LogP contribution in [0.1, 0.15) is 63.4 Å². The average molecular weight is 358 g/mol. The fraction of sp³-hybridized carbons (Fsp3) is 0.667. The fourth-order valence-corrected chi connectivity index (χ4v) is 5.61. The van der Waals surface area contributed by atoms with Gasteiger partial charge in [-0.05, 0) is 69.8 Å². The number of aryl methyl sites for hydroxylation is 1. The van der Waals surface area contributed by atoms with Crippen LogP contribution in [0.3, 0.4) is 0 Å². The quantitative estimate of drug-likeness (QED) is 0.773. The maximum absolute atomic E-state index is 5.58. The maximum atomic E-state index is 5.58. The van der Waals surface area contributed by atoms with Gasteiger partial charge in [0.1, 0.15) is 0 Å². The van der Waals surface area contributed by atoms with E-state index in [0.717, 1.165) is 28.9 Å². The normalized spacial score (nSPS) is 30.2. The Morgan fingerprint density at radius 2 is 1.52 bits per heavy atom. The first-order valence-corrected chi connectivity index (χ1v) is 10.5. The Hall–Kier alpha value is -1.13. The monoisotopic (exact) mass is 357 g/mol. The van der Waals surface area contributed by atoms with Gasteiger partial charge in [0.05, 0.1) is 0 Å². The minimum atomic E-state index is 0.526. The third-order valence-corrected chi connectivity index (χ3v) is 6.64. The molecule has 2 aliphatic heterocycles. The van der Waals surface area contributed by atoms with Crippen molar-refractivity contribution in [1.29, 1.82) is 0 Å². The van der Waals surface area contributed by atoms with Gasteiger partial charge in [-0.25, -0.2) is 0 Å². The molecule has 0 aromatic heterocycles. The second-order valence-corrected chi connectivity index (χ2v) is 8.67. The Labute approximate surface area is 157 Å². The maximum Gasteiger partial charge on any atom is 0.170 e. The van der Waals surface area contributed by atoms with Crippen molar-refractivity contribution in [3.8, 4) is 0 Å². The molecule has 2 unspecified atom stereocenters. The van der Waals surface area contributed by atoms with E-state index in [-0.39, 0.29) is 0 Å². The molecule has 0 spiro atoms. The van der Waals surface area contributed by atoms with Gasteiger partial charge in [0.25, 0.3) is 0 Å². The van der Waals surface area contributed by atoms with Gasteiger partial charge in [0.15, 0.2) is 5.11 Å². The zero-order valence-corrected chi connectivity index (χ0v) is 16.2. The molecule has 2 heterocycles. The minimum absolute atomic E-state index is 0.526. The number of nitrogens with zero attached hydrogens (tertiary/aromatic N) is 1. The molecule has 1 aromatic carbocycles. The van der Waals surface area contributed by atoms with Gasteiger partial charge < -0.3 is 10.6 Å². The minimum Gasteiger partial charge on any atom is -0.360 e. The van der Waals surface area contributed by atoms with E-state index < -0.39 is 0 Å². The lowest BCUT2D eigenvalue weighted by molar-refractivity contribution is -0.00596. The molecule has 0 radical (unpaired) electrons. The molecule has 4 rings (SSSR count). The summed E-state index contributed by atoms with van der Waals surface area (Å²) in [6.07, 6.45) is 12.4. The summed E-state index contributed by atoms with van der Waals surface area (Å²) in [7, 11) is 0. The number of hydrogen-bond donors (Lipinski definition) is 2. The lowest BCUT2D eigenvalue weighted by Crippen LogP contribution is -2.59. The van der Waals surface area contributed by atoms with E-state index in [0.29, 0.717) is 6.04 Å². The first-order chi connectivity index (χ1) is 12.2. The highest BCUT2D eigenvalue weighted by Crippen LogP contribution is 2.39. The summed E-state index contributed by atoms with van der Waals surface area (Å²) < 4.78 is 0. The smallest absolute Gasteiger partial charge is 0.170 e. The Bertz CT molecular complexity index is 580. The van der Waals surface area contributed by atoms with Crippen molar-refractivity contribution >= 4 is 23.0 Å². The summed E-state index contributed by atoms with van der Waals surface area (Å²) in [5.41, 5.74) is 2.35. The number of anilines is 1. The van der Waals surface area contributed by atoms with Crippen molar-refractivity contribution in [2.24, 2.45) is 0 Å². The Balaban J connectivity index is 1.34. The van der Waals surface area contributed by atoms with Gasteiger partial charge in [0.2, 0.25) is 0 Å². The molecule has 0 amide bonds. The van der Waals surface area contributed by atoms with Crippen LogP contribution in [0.5, 0.6) is 0 Å². The summed E-state index contributed by atoms with van der Waals surface area (Å²) in [6.45, 7) is 2.11. The van der Waals surface area contributed by atoms with Gasteiger partial charge in [-0.1, -0.05) is 37.0 Å². The van der Waals surface area contributed by atoms with E-state index in [1.165, 1.54) is 63.4 Å². The van der Waals surface area contributed by atoms with Crippen molar-refractivity contribution in [2.45, 2.75) is 88.9 Å². The van der Waals surface area contributed by atoms with Gasteiger partial charge >= 0.3 is 0 Å². The molecule has 136 valence electrons. The molecule has 1 saturated carbocycles. The molecule has 2 atom stereocenters. The Kier molecular flexibility index (Phi) is 5.28. The number of benzene rings is 1. The molecule has 3 fully saturated rings. The summed E-state index contributed by atoms with van der Waals surface area (Å²) in [6, 6.07) is 11.4. The van der Waals surface area contributed by atoms with Gasteiger partial charge in [-0.2, -0.15) is 0 Å². The number of nitrogens with one attached hydrogen (secondary N) is 2. The van der Waals surface area contributed by atoms with E-state index in [1.54, 1.807) is 0 Å². The highest BCUT2D eigenvalue weighted by molar-refractivity contribution is 7.80. The van der Waals surface area contributed by atoms with Crippen molar-refractivity contribution in [3.05, 3.63) is 29.8 Å². The van der Waals surface area contributed by atoms with Crippen LogP contribution in [-0.4, -0.2) is 34.2 Å². The Morgan fingerprint density at radius 3 is 2.16 bits per heavy atom. The number of rotatable bonds is 3. The molecule has 25 heavy (non-hydrogen) atoms. The van der Waals surface area contributed by atoms with Crippen molar-refractivity contribution in [3.63, 3.8) is 0 Å². The van der Waals surface area contributed by atoms with Crippen molar-refractivity contribution in [1.82, 2.24) is 10.2 Å². The third kappa shape index (κ3) is 4.01. The van der Waals surface area contributed by atoms with Crippen LogP contribution in [0.15, 0.2) is 24.3 Å².